The molecule has 0 aliphatic carbocycles. The number of nitrogens with one attached hydrogen (secondary N) is 1. The molecule has 1 unspecified atom stereocenters. The highest BCUT2D eigenvalue weighted by molar-refractivity contribution is 6.35. The number of carbonyl (C=O) groups is 1. The van der Waals surface area contributed by atoms with Crippen molar-refractivity contribution in [1.29, 1.82) is 0 Å². The van der Waals surface area contributed by atoms with Crippen molar-refractivity contribution in [3.8, 4) is 5.75 Å². The molecule has 172 valence electrons. The summed E-state index contributed by atoms with van der Waals surface area (Å²) in [6.07, 6.45) is 1.71. The maximum absolute atomic E-state index is 13.1. The van der Waals surface area contributed by atoms with Crippen LogP contribution in [0.15, 0.2) is 53.7 Å². The lowest BCUT2D eigenvalue weighted by Crippen LogP contribution is -2.30. The number of carbonyl (C=O) groups excluding carboxylic acids is 1. The average molecular weight is 488 g/mol. The van der Waals surface area contributed by atoms with Gasteiger partial charge in [-0.1, -0.05) is 65.9 Å². The van der Waals surface area contributed by atoms with E-state index in [0.29, 0.717) is 39.6 Å². The number of unbranched alkanes of at least 4 members (excludes halogenated alkanes) is 1. The highest BCUT2D eigenvalue weighted by atomic mass is 35.5. The van der Waals surface area contributed by atoms with Crippen LogP contribution in [-0.2, 0) is 16.1 Å². The molecule has 0 saturated carbocycles. The van der Waals surface area contributed by atoms with Gasteiger partial charge in [-0.3, -0.25) is 0 Å². The van der Waals surface area contributed by atoms with Crippen molar-refractivity contribution in [2.45, 2.75) is 39.3 Å². The van der Waals surface area contributed by atoms with Crippen LogP contribution in [0.5, 0.6) is 5.75 Å². The average Bonchev–Trinajstić information content (AvgIpc) is 3.26. The van der Waals surface area contributed by atoms with Gasteiger partial charge in [0.25, 0.3) is 0 Å². The van der Waals surface area contributed by atoms with Gasteiger partial charge in [0.2, 0.25) is 5.95 Å². The first kappa shape index (κ1) is 23.1. The molecular weight excluding hydrogens is 465 g/mol. The number of fused-ring (bicyclic) bond motifs is 1. The fourth-order valence-electron chi connectivity index (χ4n) is 3.58. The van der Waals surface area contributed by atoms with Gasteiger partial charge in [-0.25, -0.2) is 4.79 Å². The molecule has 0 fully saturated rings. The van der Waals surface area contributed by atoms with Crippen LogP contribution < -0.4 is 10.1 Å². The van der Waals surface area contributed by atoms with E-state index in [1.165, 1.54) is 0 Å². The molecule has 0 saturated heterocycles. The molecule has 0 spiro atoms. The number of halogens is 2. The number of esters is 1. The second kappa shape index (κ2) is 10.2. The van der Waals surface area contributed by atoms with Gasteiger partial charge in [-0.2, -0.15) is 4.68 Å². The van der Waals surface area contributed by atoms with Crippen molar-refractivity contribution in [3.63, 3.8) is 0 Å². The molecule has 1 atom stereocenters. The SMILES string of the molecule is CCCCOC(=O)C1=C(C)Nc2nnnn2C1c1ccccc1OCc1ccc(Cl)cc1Cl. The summed E-state index contributed by atoms with van der Waals surface area (Å²) in [6.45, 7) is 4.41. The first-order valence-corrected chi connectivity index (χ1v) is 11.3. The van der Waals surface area contributed by atoms with Crippen LogP contribution in [0.2, 0.25) is 10.0 Å². The minimum atomic E-state index is -0.623. The number of para-hydroxylation sites is 1. The number of aromatic nitrogens is 4. The third kappa shape index (κ3) is 4.96. The summed E-state index contributed by atoms with van der Waals surface area (Å²) in [7, 11) is 0. The fourth-order valence-corrected chi connectivity index (χ4v) is 4.05. The molecule has 2 aromatic carbocycles. The zero-order valence-corrected chi connectivity index (χ0v) is 19.7. The number of rotatable bonds is 8. The minimum absolute atomic E-state index is 0.222. The van der Waals surface area contributed by atoms with Crippen molar-refractivity contribution in [2.75, 3.05) is 11.9 Å². The highest BCUT2D eigenvalue weighted by Gasteiger charge is 2.36. The number of benzene rings is 2. The standard InChI is InChI=1S/C23H23Cl2N5O3/c1-3-4-11-32-22(31)20-14(2)26-23-27-28-29-30(23)21(20)17-7-5-6-8-19(17)33-13-15-9-10-16(24)12-18(15)25/h5-10,12,21H,3-4,11,13H2,1-2H3,(H,26,27,29). The normalized spacial score (nSPS) is 15.1. The molecule has 4 rings (SSSR count). The summed E-state index contributed by atoms with van der Waals surface area (Å²) in [6, 6.07) is 12.1. The monoisotopic (exact) mass is 487 g/mol. The van der Waals surface area contributed by atoms with Crippen LogP contribution >= 0.6 is 23.2 Å². The lowest BCUT2D eigenvalue weighted by Gasteiger charge is -2.28. The number of hydrogen-bond donors (Lipinski definition) is 1. The maximum atomic E-state index is 13.1. The molecule has 0 bridgehead atoms. The van der Waals surface area contributed by atoms with Crippen molar-refractivity contribution >= 4 is 35.1 Å². The number of nitrogens with zero attached hydrogens (tertiary/aromatic N) is 4. The fraction of sp³-hybridized carbons (Fsp3) is 0.304. The van der Waals surface area contributed by atoms with E-state index in [1.807, 2.05) is 37.3 Å². The smallest absolute Gasteiger partial charge is 0.338 e. The number of anilines is 1. The predicted molar refractivity (Wildman–Crippen MR) is 125 cm³/mol. The van der Waals surface area contributed by atoms with Gasteiger partial charge < -0.3 is 14.8 Å². The summed E-state index contributed by atoms with van der Waals surface area (Å²) in [5, 5.41) is 16.1. The Hall–Kier alpha value is -3.10. The molecule has 1 N–H and O–H groups in total. The Labute approximate surface area is 201 Å². The summed E-state index contributed by atoms with van der Waals surface area (Å²) in [4.78, 5) is 13.1. The molecule has 10 heteroatoms. The maximum Gasteiger partial charge on any atom is 0.338 e. The van der Waals surface area contributed by atoms with Gasteiger partial charge >= 0.3 is 5.97 Å². The van der Waals surface area contributed by atoms with Gasteiger partial charge in [0.05, 0.1) is 12.2 Å². The van der Waals surface area contributed by atoms with Gasteiger partial charge in [0, 0.05) is 26.9 Å². The zero-order chi connectivity index (χ0) is 23.4. The zero-order valence-electron chi connectivity index (χ0n) is 18.2. The van der Waals surface area contributed by atoms with E-state index in [1.54, 1.807) is 23.7 Å². The number of ether oxygens (including phenoxy) is 2. The Morgan fingerprint density at radius 2 is 2.03 bits per heavy atom. The van der Waals surface area contributed by atoms with Crippen molar-refractivity contribution < 1.29 is 14.3 Å². The predicted octanol–water partition coefficient (Wildman–Crippen LogP) is 5.19. The Morgan fingerprint density at radius 1 is 1.21 bits per heavy atom. The first-order chi connectivity index (χ1) is 16.0. The molecular formula is C23H23Cl2N5O3. The van der Waals surface area contributed by atoms with Crippen LogP contribution in [-0.4, -0.2) is 32.8 Å². The molecule has 1 aromatic heterocycles. The molecule has 0 radical (unpaired) electrons. The quantitative estimate of drug-likeness (QED) is 0.345. The third-order valence-electron chi connectivity index (χ3n) is 5.28. The van der Waals surface area contributed by atoms with Crippen LogP contribution in [0.1, 0.15) is 43.9 Å². The molecule has 8 nitrogen and oxygen atoms in total. The molecule has 3 aromatic rings. The summed E-state index contributed by atoms with van der Waals surface area (Å²) in [5.41, 5.74) is 2.56. The third-order valence-corrected chi connectivity index (χ3v) is 5.86. The summed E-state index contributed by atoms with van der Waals surface area (Å²) >= 11 is 12.3. The summed E-state index contributed by atoms with van der Waals surface area (Å²) in [5.74, 6) is 0.580. The highest BCUT2D eigenvalue weighted by Crippen LogP contribution is 2.39. The molecule has 2 heterocycles. The van der Waals surface area contributed by atoms with Crippen LogP contribution in [0.25, 0.3) is 0 Å². The number of tetrazole rings is 1. The van der Waals surface area contributed by atoms with Crippen molar-refractivity contribution in [1.82, 2.24) is 20.2 Å². The van der Waals surface area contributed by atoms with Gasteiger partial charge in [0.15, 0.2) is 0 Å². The van der Waals surface area contributed by atoms with Crippen LogP contribution in [0, 0.1) is 0 Å². The van der Waals surface area contributed by atoms with E-state index in [2.05, 4.69) is 20.8 Å². The van der Waals surface area contributed by atoms with Crippen LogP contribution in [0.4, 0.5) is 5.95 Å². The largest absolute Gasteiger partial charge is 0.488 e. The molecule has 1 aliphatic heterocycles. The number of allylic oxidation sites excluding steroid dienone is 1. The van der Waals surface area contributed by atoms with E-state index in [0.717, 1.165) is 24.0 Å². The molecule has 33 heavy (non-hydrogen) atoms. The minimum Gasteiger partial charge on any atom is -0.488 e. The Morgan fingerprint density at radius 3 is 2.82 bits per heavy atom. The lowest BCUT2D eigenvalue weighted by atomic mass is 9.95. The Kier molecular flexibility index (Phi) is 7.15. The Bertz CT molecular complexity index is 1190. The van der Waals surface area contributed by atoms with Crippen molar-refractivity contribution in [2.24, 2.45) is 0 Å². The van der Waals surface area contributed by atoms with E-state index < -0.39 is 12.0 Å². The van der Waals surface area contributed by atoms with Gasteiger partial charge in [0.1, 0.15) is 18.4 Å². The van der Waals surface area contributed by atoms with Gasteiger partial charge in [-0.05, 0) is 42.0 Å². The second-order valence-electron chi connectivity index (χ2n) is 7.56. The van der Waals surface area contributed by atoms with Crippen molar-refractivity contribution in [3.05, 3.63) is 74.9 Å². The topological polar surface area (TPSA) is 91.2 Å². The van der Waals surface area contributed by atoms with E-state index in [4.69, 9.17) is 32.7 Å². The molecule has 1 aliphatic rings. The molecule has 0 amide bonds. The first-order valence-electron chi connectivity index (χ1n) is 10.6. The lowest BCUT2D eigenvalue weighted by molar-refractivity contribution is -0.139. The second-order valence-corrected chi connectivity index (χ2v) is 8.41. The van der Waals surface area contributed by atoms with Crippen LogP contribution in [0.3, 0.4) is 0 Å². The van der Waals surface area contributed by atoms with E-state index >= 15 is 0 Å². The van der Waals surface area contributed by atoms with Gasteiger partial charge in [-0.15, -0.1) is 0 Å². The van der Waals surface area contributed by atoms with E-state index in [9.17, 15) is 4.79 Å². The number of hydrogen-bond acceptors (Lipinski definition) is 7. The van der Waals surface area contributed by atoms with E-state index in [-0.39, 0.29) is 6.61 Å². The summed E-state index contributed by atoms with van der Waals surface area (Å²) < 4.78 is 13.2. The Balaban J connectivity index is 1.69.